The fraction of sp³-hybridized carbons (Fsp3) is 0.625. The Balaban J connectivity index is 2.19. The minimum atomic E-state index is -0.289. The van der Waals surface area contributed by atoms with Crippen molar-refractivity contribution >= 4 is 11.4 Å². The van der Waals surface area contributed by atoms with Crippen LogP contribution in [0.1, 0.15) is 50.2 Å². The SMILES string of the molecule is Cc1cc(NC(C)C2CCCCC2)c([N+](=O)[O-])cc1C. The van der Waals surface area contributed by atoms with Crippen molar-refractivity contribution in [2.75, 3.05) is 5.32 Å². The van der Waals surface area contributed by atoms with Crippen LogP contribution in [-0.2, 0) is 0 Å². The van der Waals surface area contributed by atoms with Crippen LogP contribution in [0, 0.1) is 29.9 Å². The molecule has 1 unspecified atom stereocenters. The molecule has 1 aromatic carbocycles. The van der Waals surface area contributed by atoms with Crippen LogP contribution in [0.2, 0.25) is 0 Å². The lowest BCUT2D eigenvalue weighted by Crippen LogP contribution is -2.28. The van der Waals surface area contributed by atoms with Crippen molar-refractivity contribution < 1.29 is 4.92 Å². The Hall–Kier alpha value is -1.58. The van der Waals surface area contributed by atoms with E-state index >= 15 is 0 Å². The molecule has 0 aliphatic heterocycles. The summed E-state index contributed by atoms with van der Waals surface area (Å²) in [5.74, 6) is 0.630. The van der Waals surface area contributed by atoms with E-state index in [1.54, 1.807) is 6.07 Å². The second-order valence-electron chi connectivity index (χ2n) is 6.04. The van der Waals surface area contributed by atoms with Gasteiger partial charge in [0.15, 0.2) is 0 Å². The monoisotopic (exact) mass is 276 g/mol. The van der Waals surface area contributed by atoms with Crippen molar-refractivity contribution in [3.63, 3.8) is 0 Å². The molecule has 110 valence electrons. The van der Waals surface area contributed by atoms with Gasteiger partial charge in [0.25, 0.3) is 5.69 Å². The van der Waals surface area contributed by atoms with Gasteiger partial charge in [0.1, 0.15) is 5.69 Å². The number of hydrogen-bond acceptors (Lipinski definition) is 3. The summed E-state index contributed by atoms with van der Waals surface area (Å²) in [6, 6.07) is 3.87. The van der Waals surface area contributed by atoms with Gasteiger partial charge in [0.2, 0.25) is 0 Å². The quantitative estimate of drug-likeness (QED) is 0.646. The Bertz CT molecular complexity index is 493. The lowest BCUT2D eigenvalue weighted by Gasteiger charge is -2.29. The molecular weight excluding hydrogens is 252 g/mol. The highest BCUT2D eigenvalue weighted by Gasteiger charge is 2.23. The van der Waals surface area contributed by atoms with Gasteiger partial charge in [-0.15, -0.1) is 0 Å². The summed E-state index contributed by atoms with van der Waals surface area (Å²) < 4.78 is 0. The normalized spacial score (nSPS) is 17.8. The van der Waals surface area contributed by atoms with Gasteiger partial charge in [0.05, 0.1) is 4.92 Å². The second kappa shape index (κ2) is 6.25. The molecule has 1 atom stereocenters. The number of nitro groups is 1. The highest BCUT2D eigenvalue weighted by molar-refractivity contribution is 5.64. The van der Waals surface area contributed by atoms with E-state index in [-0.39, 0.29) is 16.7 Å². The molecule has 0 heterocycles. The first-order chi connectivity index (χ1) is 9.49. The Labute approximate surface area is 120 Å². The van der Waals surface area contributed by atoms with E-state index in [4.69, 9.17) is 0 Å². The van der Waals surface area contributed by atoms with E-state index in [9.17, 15) is 10.1 Å². The third-order valence-electron chi connectivity index (χ3n) is 4.55. The van der Waals surface area contributed by atoms with Gasteiger partial charge in [-0.3, -0.25) is 10.1 Å². The zero-order chi connectivity index (χ0) is 14.7. The van der Waals surface area contributed by atoms with E-state index in [0.717, 1.165) is 11.1 Å². The molecule has 0 radical (unpaired) electrons. The van der Waals surface area contributed by atoms with Crippen LogP contribution < -0.4 is 5.32 Å². The predicted octanol–water partition coefficient (Wildman–Crippen LogP) is 4.59. The van der Waals surface area contributed by atoms with E-state index in [0.29, 0.717) is 11.6 Å². The molecule has 0 amide bonds. The first-order valence-corrected chi connectivity index (χ1v) is 7.51. The molecule has 1 aliphatic rings. The van der Waals surface area contributed by atoms with Gasteiger partial charge < -0.3 is 5.32 Å². The molecule has 1 aromatic rings. The largest absolute Gasteiger partial charge is 0.377 e. The van der Waals surface area contributed by atoms with Crippen molar-refractivity contribution in [3.8, 4) is 0 Å². The highest BCUT2D eigenvalue weighted by atomic mass is 16.6. The number of nitrogens with zero attached hydrogens (tertiary/aromatic N) is 1. The van der Waals surface area contributed by atoms with Gasteiger partial charge in [0, 0.05) is 12.1 Å². The highest BCUT2D eigenvalue weighted by Crippen LogP contribution is 2.32. The number of nitrogens with one attached hydrogen (secondary N) is 1. The van der Waals surface area contributed by atoms with Crippen molar-refractivity contribution in [1.29, 1.82) is 0 Å². The Morgan fingerprint density at radius 1 is 1.20 bits per heavy atom. The van der Waals surface area contributed by atoms with E-state index in [1.807, 2.05) is 19.9 Å². The maximum absolute atomic E-state index is 11.2. The summed E-state index contributed by atoms with van der Waals surface area (Å²) in [6.07, 6.45) is 6.35. The molecule has 4 heteroatoms. The standard InChI is InChI=1S/C16H24N2O2/c1-11-9-15(16(18(19)20)10-12(11)2)17-13(3)14-7-5-4-6-8-14/h9-10,13-14,17H,4-8H2,1-3H3. The van der Waals surface area contributed by atoms with Gasteiger partial charge in [-0.1, -0.05) is 19.3 Å². The molecule has 2 rings (SSSR count). The number of hydrogen-bond donors (Lipinski definition) is 1. The third kappa shape index (κ3) is 3.30. The lowest BCUT2D eigenvalue weighted by atomic mass is 9.84. The molecule has 1 N–H and O–H groups in total. The second-order valence-corrected chi connectivity index (χ2v) is 6.04. The number of rotatable bonds is 4. The molecule has 0 bridgehead atoms. The van der Waals surface area contributed by atoms with Gasteiger partial charge in [-0.25, -0.2) is 0 Å². The summed E-state index contributed by atoms with van der Waals surface area (Å²) in [7, 11) is 0. The van der Waals surface area contributed by atoms with Crippen molar-refractivity contribution in [1.82, 2.24) is 0 Å². The molecule has 0 saturated heterocycles. The molecule has 4 nitrogen and oxygen atoms in total. The number of aryl methyl sites for hydroxylation is 2. The minimum absolute atomic E-state index is 0.191. The van der Waals surface area contributed by atoms with Crippen molar-refractivity contribution in [2.24, 2.45) is 5.92 Å². The molecule has 20 heavy (non-hydrogen) atoms. The summed E-state index contributed by atoms with van der Waals surface area (Å²) >= 11 is 0. The van der Waals surface area contributed by atoms with Gasteiger partial charge in [-0.05, 0) is 56.7 Å². The van der Waals surface area contributed by atoms with Crippen LogP contribution in [0.15, 0.2) is 12.1 Å². The zero-order valence-electron chi connectivity index (χ0n) is 12.6. The Morgan fingerprint density at radius 3 is 2.40 bits per heavy atom. The maximum Gasteiger partial charge on any atom is 0.292 e. The molecule has 0 aromatic heterocycles. The van der Waals surface area contributed by atoms with Gasteiger partial charge in [-0.2, -0.15) is 0 Å². The number of nitro benzene ring substituents is 1. The summed E-state index contributed by atoms with van der Waals surface area (Å²) in [5.41, 5.74) is 2.91. The van der Waals surface area contributed by atoms with E-state index in [1.165, 1.54) is 32.1 Å². The fourth-order valence-corrected chi connectivity index (χ4v) is 3.06. The third-order valence-corrected chi connectivity index (χ3v) is 4.55. The summed E-state index contributed by atoms with van der Waals surface area (Å²) in [6.45, 7) is 6.06. The molecular formula is C16H24N2O2. The maximum atomic E-state index is 11.2. The predicted molar refractivity (Wildman–Crippen MR) is 82.2 cm³/mol. The molecule has 1 fully saturated rings. The van der Waals surface area contributed by atoms with E-state index in [2.05, 4.69) is 12.2 Å². The smallest absolute Gasteiger partial charge is 0.292 e. The number of benzene rings is 1. The fourth-order valence-electron chi connectivity index (χ4n) is 3.06. The van der Waals surface area contributed by atoms with Crippen LogP contribution in [0.3, 0.4) is 0 Å². The van der Waals surface area contributed by atoms with Crippen LogP contribution in [0.25, 0.3) is 0 Å². The molecule has 0 spiro atoms. The minimum Gasteiger partial charge on any atom is -0.377 e. The lowest BCUT2D eigenvalue weighted by molar-refractivity contribution is -0.384. The van der Waals surface area contributed by atoms with Crippen molar-refractivity contribution in [3.05, 3.63) is 33.4 Å². The topological polar surface area (TPSA) is 55.2 Å². The van der Waals surface area contributed by atoms with Gasteiger partial charge >= 0.3 is 0 Å². The zero-order valence-corrected chi connectivity index (χ0v) is 12.6. The van der Waals surface area contributed by atoms with Crippen LogP contribution in [-0.4, -0.2) is 11.0 Å². The summed E-state index contributed by atoms with van der Waals surface area (Å²) in [5, 5.41) is 14.6. The van der Waals surface area contributed by atoms with Crippen LogP contribution in [0.4, 0.5) is 11.4 Å². The van der Waals surface area contributed by atoms with Crippen LogP contribution in [0.5, 0.6) is 0 Å². The first kappa shape index (κ1) is 14.8. The Morgan fingerprint density at radius 2 is 1.80 bits per heavy atom. The summed E-state index contributed by atoms with van der Waals surface area (Å²) in [4.78, 5) is 10.9. The molecule has 1 aliphatic carbocycles. The van der Waals surface area contributed by atoms with Crippen molar-refractivity contribution in [2.45, 2.75) is 58.9 Å². The average Bonchev–Trinajstić information content (AvgIpc) is 2.43. The van der Waals surface area contributed by atoms with E-state index < -0.39 is 0 Å². The number of anilines is 1. The average molecular weight is 276 g/mol. The van der Waals surface area contributed by atoms with Crippen LogP contribution >= 0.6 is 0 Å². The molecule has 1 saturated carbocycles. The first-order valence-electron chi connectivity index (χ1n) is 7.51. The Kier molecular flexibility index (Phi) is 4.63.